The number of aryl methyl sites for hydroxylation is 2. The Morgan fingerprint density at radius 2 is 2.05 bits per heavy atom. The minimum absolute atomic E-state index is 0.764. The molecule has 1 heterocycles. The van der Waals surface area contributed by atoms with E-state index in [2.05, 4.69) is 41.5 Å². The van der Waals surface area contributed by atoms with Crippen LogP contribution in [-0.2, 0) is 6.54 Å². The highest BCUT2D eigenvalue weighted by atomic mass is 32.1. The maximum absolute atomic E-state index is 6.11. The van der Waals surface area contributed by atoms with Crippen molar-refractivity contribution in [2.75, 3.05) is 11.1 Å². The normalized spacial score (nSPS) is 10.9. The maximum Gasteiger partial charge on any atom is 0.0907 e. The standard InChI is InChI=1S/C16H17N3S/c1-10-4-3-5-12(6-10)9-18-14-8-15-16(7-13(14)17)20-11(2)19-15/h3-8,18H,9,17H2,1-2H3. The van der Waals surface area contributed by atoms with E-state index in [1.165, 1.54) is 11.1 Å². The first-order valence-electron chi connectivity index (χ1n) is 6.58. The van der Waals surface area contributed by atoms with Gasteiger partial charge in [-0.1, -0.05) is 29.8 Å². The first-order chi connectivity index (χ1) is 9.61. The Bertz CT molecular complexity index is 762. The van der Waals surface area contributed by atoms with E-state index in [1.54, 1.807) is 11.3 Å². The summed E-state index contributed by atoms with van der Waals surface area (Å²) in [4.78, 5) is 4.51. The smallest absolute Gasteiger partial charge is 0.0907 e. The minimum atomic E-state index is 0.764. The van der Waals surface area contributed by atoms with Gasteiger partial charge in [-0.3, -0.25) is 0 Å². The number of aromatic nitrogens is 1. The van der Waals surface area contributed by atoms with Crippen LogP contribution in [0.5, 0.6) is 0 Å². The molecule has 20 heavy (non-hydrogen) atoms. The molecule has 0 aliphatic rings. The fourth-order valence-electron chi connectivity index (χ4n) is 2.28. The molecular formula is C16H17N3S. The molecule has 2 aromatic carbocycles. The molecule has 0 amide bonds. The molecule has 102 valence electrons. The van der Waals surface area contributed by atoms with E-state index in [-0.39, 0.29) is 0 Å². The Kier molecular flexibility index (Phi) is 3.32. The number of hydrogen-bond acceptors (Lipinski definition) is 4. The predicted octanol–water partition coefficient (Wildman–Crippen LogP) is 4.11. The lowest BCUT2D eigenvalue weighted by Crippen LogP contribution is -2.02. The SMILES string of the molecule is Cc1cccc(CNc2cc3nc(C)sc3cc2N)c1. The van der Waals surface area contributed by atoms with Crippen LogP contribution in [0.3, 0.4) is 0 Å². The highest BCUT2D eigenvalue weighted by Crippen LogP contribution is 2.29. The number of anilines is 2. The molecule has 4 heteroatoms. The number of hydrogen-bond donors (Lipinski definition) is 2. The molecule has 0 aliphatic heterocycles. The van der Waals surface area contributed by atoms with E-state index in [4.69, 9.17) is 5.73 Å². The Balaban J connectivity index is 1.85. The lowest BCUT2D eigenvalue weighted by Gasteiger charge is -2.10. The summed E-state index contributed by atoms with van der Waals surface area (Å²) in [6, 6.07) is 12.5. The zero-order chi connectivity index (χ0) is 14.1. The molecule has 0 saturated carbocycles. The van der Waals surface area contributed by atoms with Crippen LogP contribution < -0.4 is 11.1 Å². The summed E-state index contributed by atoms with van der Waals surface area (Å²) in [5.74, 6) is 0. The average Bonchev–Trinajstić information content (AvgIpc) is 2.75. The third-order valence-corrected chi connectivity index (χ3v) is 4.17. The highest BCUT2D eigenvalue weighted by Gasteiger charge is 2.06. The van der Waals surface area contributed by atoms with Crippen LogP contribution >= 0.6 is 11.3 Å². The van der Waals surface area contributed by atoms with Crippen LogP contribution in [0.1, 0.15) is 16.1 Å². The predicted molar refractivity (Wildman–Crippen MR) is 87.3 cm³/mol. The van der Waals surface area contributed by atoms with Crippen LogP contribution in [0, 0.1) is 13.8 Å². The van der Waals surface area contributed by atoms with Crippen molar-refractivity contribution in [3.8, 4) is 0 Å². The van der Waals surface area contributed by atoms with Crippen LogP contribution in [0.2, 0.25) is 0 Å². The maximum atomic E-state index is 6.11. The summed E-state index contributed by atoms with van der Waals surface area (Å²) >= 11 is 1.67. The highest BCUT2D eigenvalue weighted by molar-refractivity contribution is 7.18. The van der Waals surface area contributed by atoms with E-state index in [1.807, 2.05) is 19.1 Å². The molecule has 0 aliphatic carbocycles. The summed E-state index contributed by atoms with van der Waals surface area (Å²) in [7, 11) is 0. The van der Waals surface area contributed by atoms with Crippen LogP contribution in [-0.4, -0.2) is 4.98 Å². The van der Waals surface area contributed by atoms with Crippen LogP contribution in [0.25, 0.3) is 10.2 Å². The van der Waals surface area contributed by atoms with Gasteiger partial charge in [0.15, 0.2) is 0 Å². The van der Waals surface area contributed by atoms with Crippen molar-refractivity contribution in [2.24, 2.45) is 0 Å². The van der Waals surface area contributed by atoms with Gasteiger partial charge in [-0.15, -0.1) is 11.3 Å². The molecule has 3 nitrogen and oxygen atoms in total. The van der Waals surface area contributed by atoms with Gasteiger partial charge in [-0.05, 0) is 31.5 Å². The van der Waals surface area contributed by atoms with Gasteiger partial charge in [-0.2, -0.15) is 0 Å². The van der Waals surface area contributed by atoms with Gasteiger partial charge in [0.1, 0.15) is 0 Å². The number of rotatable bonds is 3. The largest absolute Gasteiger partial charge is 0.397 e. The summed E-state index contributed by atoms with van der Waals surface area (Å²) < 4.78 is 1.14. The van der Waals surface area contributed by atoms with Crippen LogP contribution in [0.15, 0.2) is 36.4 Å². The number of nitrogens with two attached hydrogens (primary N) is 1. The third-order valence-electron chi connectivity index (χ3n) is 3.23. The molecule has 3 aromatic rings. The topological polar surface area (TPSA) is 50.9 Å². The minimum Gasteiger partial charge on any atom is -0.397 e. The number of nitrogens with zero attached hydrogens (tertiary/aromatic N) is 1. The molecule has 0 saturated heterocycles. The molecule has 0 radical (unpaired) electrons. The molecule has 3 rings (SSSR count). The second-order valence-electron chi connectivity index (χ2n) is 4.98. The van der Waals surface area contributed by atoms with Crippen molar-refractivity contribution in [3.05, 3.63) is 52.5 Å². The Morgan fingerprint density at radius 3 is 2.85 bits per heavy atom. The van der Waals surface area contributed by atoms with Crippen molar-refractivity contribution in [3.63, 3.8) is 0 Å². The van der Waals surface area contributed by atoms with Gasteiger partial charge < -0.3 is 11.1 Å². The summed E-state index contributed by atoms with van der Waals surface area (Å²) in [5, 5.41) is 4.46. The van der Waals surface area contributed by atoms with E-state index in [0.717, 1.165) is 33.1 Å². The summed E-state index contributed by atoms with van der Waals surface area (Å²) in [6.45, 7) is 4.88. The zero-order valence-corrected chi connectivity index (χ0v) is 12.4. The Morgan fingerprint density at radius 1 is 1.20 bits per heavy atom. The number of nitrogens with one attached hydrogen (secondary N) is 1. The molecule has 0 fully saturated rings. The second-order valence-corrected chi connectivity index (χ2v) is 6.22. The molecule has 3 N–H and O–H groups in total. The van der Waals surface area contributed by atoms with Gasteiger partial charge in [0.2, 0.25) is 0 Å². The van der Waals surface area contributed by atoms with E-state index in [0.29, 0.717) is 0 Å². The number of benzene rings is 2. The molecular weight excluding hydrogens is 266 g/mol. The van der Waals surface area contributed by atoms with Crippen molar-refractivity contribution >= 4 is 32.9 Å². The third kappa shape index (κ3) is 2.60. The van der Waals surface area contributed by atoms with E-state index in [9.17, 15) is 0 Å². The van der Waals surface area contributed by atoms with E-state index < -0.39 is 0 Å². The molecule has 0 bridgehead atoms. The second kappa shape index (κ2) is 5.13. The number of fused-ring (bicyclic) bond motifs is 1. The van der Waals surface area contributed by atoms with Gasteiger partial charge >= 0.3 is 0 Å². The average molecular weight is 283 g/mol. The molecule has 0 spiro atoms. The number of nitrogen functional groups attached to an aromatic ring is 1. The first-order valence-corrected chi connectivity index (χ1v) is 7.39. The van der Waals surface area contributed by atoms with E-state index >= 15 is 0 Å². The van der Waals surface area contributed by atoms with Crippen molar-refractivity contribution in [1.29, 1.82) is 0 Å². The lowest BCUT2D eigenvalue weighted by molar-refractivity contribution is 1.14. The quantitative estimate of drug-likeness (QED) is 0.711. The summed E-state index contributed by atoms with van der Waals surface area (Å²) in [5.41, 5.74) is 11.4. The van der Waals surface area contributed by atoms with Crippen molar-refractivity contribution in [1.82, 2.24) is 4.98 Å². The Hall–Kier alpha value is -2.07. The van der Waals surface area contributed by atoms with Crippen LogP contribution in [0.4, 0.5) is 11.4 Å². The number of thiazole rings is 1. The van der Waals surface area contributed by atoms with Gasteiger partial charge in [-0.25, -0.2) is 4.98 Å². The van der Waals surface area contributed by atoms with Gasteiger partial charge in [0.05, 0.1) is 26.6 Å². The fraction of sp³-hybridized carbons (Fsp3) is 0.188. The van der Waals surface area contributed by atoms with Gasteiger partial charge in [0.25, 0.3) is 0 Å². The molecule has 1 aromatic heterocycles. The van der Waals surface area contributed by atoms with Crippen molar-refractivity contribution in [2.45, 2.75) is 20.4 Å². The van der Waals surface area contributed by atoms with Gasteiger partial charge in [0, 0.05) is 6.54 Å². The Labute approximate surface area is 122 Å². The molecule has 0 unspecified atom stereocenters. The summed E-state index contributed by atoms with van der Waals surface area (Å²) in [6.07, 6.45) is 0. The lowest BCUT2D eigenvalue weighted by atomic mass is 10.1. The molecule has 0 atom stereocenters. The zero-order valence-electron chi connectivity index (χ0n) is 11.6. The fourth-order valence-corrected chi connectivity index (χ4v) is 3.13. The first kappa shape index (κ1) is 12.9. The monoisotopic (exact) mass is 283 g/mol. The van der Waals surface area contributed by atoms with Crippen molar-refractivity contribution < 1.29 is 0 Å².